The van der Waals surface area contributed by atoms with E-state index in [2.05, 4.69) is 15.5 Å². The smallest absolute Gasteiger partial charge is 0.302 e. The molecule has 2 heterocycles. The molecule has 1 atom stereocenters. The second kappa shape index (κ2) is 9.57. The van der Waals surface area contributed by atoms with E-state index in [0.29, 0.717) is 16.1 Å². The number of hydrogen-bond acceptors (Lipinski definition) is 8. The van der Waals surface area contributed by atoms with Gasteiger partial charge in [-0.2, -0.15) is 5.10 Å². The van der Waals surface area contributed by atoms with Crippen LogP contribution in [0.3, 0.4) is 0 Å². The van der Waals surface area contributed by atoms with Gasteiger partial charge in [0.2, 0.25) is 5.78 Å². The van der Waals surface area contributed by atoms with Crippen molar-refractivity contribution in [1.29, 1.82) is 0 Å². The number of para-hydroxylation sites is 2. The van der Waals surface area contributed by atoms with Crippen molar-refractivity contribution in [2.75, 3.05) is 4.90 Å². The zero-order valence-electron chi connectivity index (χ0n) is 19.1. The molecule has 0 saturated carbocycles. The van der Waals surface area contributed by atoms with Gasteiger partial charge in [-0.05, 0) is 55.0 Å². The zero-order valence-corrected chi connectivity index (χ0v) is 20.7. The summed E-state index contributed by atoms with van der Waals surface area (Å²) in [6.07, 6.45) is 0. The van der Waals surface area contributed by atoms with Crippen molar-refractivity contribution in [3.05, 3.63) is 87.9 Å². The van der Waals surface area contributed by atoms with Gasteiger partial charge in [-0.15, -0.1) is 11.3 Å². The van der Waals surface area contributed by atoms with Crippen LogP contribution >= 0.6 is 22.9 Å². The van der Waals surface area contributed by atoms with Crippen molar-refractivity contribution in [1.82, 2.24) is 10.4 Å². The summed E-state index contributed by atoms with van der Waals surface area (Å²) in [5, 5.41) is 14.6. The van der Waals surface area contributed by atoms with Crippen LogP contribution < -0.4 is 10.3 Å². The first-order valence-electron chi connectivity index (χ1n) is 11.0. The third kappa shape index (κ3) is 4.37. The molecular formula is C26H17ClN4O5S. The lowest BCUT2D eigenvalue weighted by Gasteiger charge is -2.30. The molecule has 0 radical (unpaired) electrons. The number of aromatic hydroxyl groups is 1. The minimum absolute atomic E-state index is 0.0838. The number of halogens is 1. The maximum absolute atomic E-state index is 13.7. The lowest BCUT2D eigenvalue weighted by molar-refractivity contribution is -0.139. The highest BCUT2D eigenvalue weighted by Gasteiger charge is 2.49. The highest BCUT2D eigenvalue weighted by Crippen LogP contribution is 2.35. The number of thiazole rings is 1. The number of carbonyl (C=O) groups excluding carboxylic acids is 4. The summed E-state index contributed by atoms with van der Waals surface area (Å²) in [5.74, 6) is -5.39. The van der Waals surface area contributed by atoms with Crippen molar-refractivity contribution in [2.45, 2.75) is 12.8 Å². The molecule has 1 aliphatic rings. The molecule has 1 fully saturated rings. The molecule has 0 spiro atoms. The lowest BCUT2D eigenvalue weighted by Crippen LogP contribution is -2.55. The van der Waals surface area contributed by atoms with Crippen LogP contribution in [-0.4, -0.2) is 39.3 Å². The van der Waals surface area contributed by atoms with Crippen LogP contribution in [0.2, 0.25) is 5.02 Å². The molecule has 3 aromatic carbocycles. The average molecular weight is 533 g/mol. The first-order chi connectivity index (χ1) is 17.8. The van der Waals surface area contributed by atoms with Crippen molar-refractivity contribution in [2.24, 2.45) is 5.10 Å². The van der Waals surface area contributed by atoms with E-state index in [1.807, 2.05) is 0 Å². The molecule has 4 aromatic rings. The lowest BCUT2D eigenvalue weighted by atomic mass is 9.91. The van der Waals surface area contributed by atoms with E-state index >= 15 is 0 Å². The second-order valence-electron chi connectivity index (χ2n) is 8.15. The van der Waals surface area contributed by atoms with Gasteiger partial charge < -0.3 is 5.11 Å². The Kier molecular flexibility index (Phi) is 6.28. The van der Waals surface area contributed by atoms with Gasteiger partial charge in [-0.25, -0.2) is 15.3 Å². The fraction of sp³-hybridized carbons (Fsp3) is 0.0769. The Hall–Kier alpha value is -4.41. The van der Waals surface area contributed by atoms with Gasteiger partial charge in [-0.1, -0.05) is 35.9 Å². The van der Waals surface area contributed by atoms with Crippen molar-refractivity contribution < 1.29 is 24.3 Å². The number of phenols is 1. The molecule has 37 heavy (non-hydrogen) atoms. The van der Waals surface area contributed by atoms with E-state index < -0.39 is 29.4 Å². The summed E-state index contributed by atoms with van der Waals surface area (Å²) in [7, 11) is 0. The number of Topliss-reactive ketones (excluding diaryl/α,β-unsaturated/α-hetero) is 1. The number of rotatable bonds is 4. The van der Waals surface area contributed by atoms with Gasteiger partial charge >= 0.3 is 5.91 Å². The number of hydrogen-bond donors (Lipinski definition) is 2. The van der Waals surface area contributed by atoms with E-state index in [1.54, 1.807) is 49.4 Å². The van der Waals surface area contributed by atoms with Gasteiger partial charge in [0.05, 0.1) is 21.5 Å². The largest absolute Gasteiger partial charge is 0.507 e. The summed E-state index contributed by atoms with van der Waals surface area (Å²) in [5.41, 5.74) is 3.00. The van der Waals surface area contributed by atoms with Gasteiger partial charge in [0.1, 0.15) is 22.4 Å². The summed E-state index contributed by atoms with van der Waals surface area (Å²) >= 11 is 7.17. The number of phenolic OH excluding ortho intramolecular Hbond substituents is 1. The first-order valence-corrected chi connectivity index (χ1v) is 12.2. The van der Waals surface area contributed by atoms with Crippen molar-refractivity contribution in [3.8, 4) is 5.75 Å². The molecule has 3 amide bonds. The highest BCUT2D eigenvalue weighted by atomic mass is 35.5. The van der Waals surface area contributed by atoms with Gasteiger partial charge in [0.15, 0.2) is 0 Å². The first kappa shape index (κ1) is 24.3. The molecule has 0 aliphatic carbocycles. The van der Waals surface area contributed by atoms with Crippen LogP contribution in [0.15, 0.2) is 71.8 Å². The van der Waals surface area contributed by atoms with E-state index in [1.165, 1.54) is 24.3 Å². The number of benzene rings is 3. The van der Waals surface area contributed by atoms with Crippen LogP contribution in [0.25, 0.3) is 10.2 Å². The Labute approximate surface area is 219 Å². The quantitative estimate of drug-likeness (QED) is 0.232. The average Bonchev–Trinajstić information content (AvgIpc) is 3.30. The van der Waals surface area contributed by atoms with Crippen LogP contribution in [0.4, 0.5) is 5.69 Å². The molecule has 5 rings (SSSR count). The number of aryl methyl sites for hydroxylation is 1. The van der Waals surface area contributed by atoms with Gasteiger partial charge in [0.25, 0.3) is 11.8 Å². The number of ketones is 1. The Balaban J connectivity index is 1.61. The standard InChI is InChI=1S/C26H17ClN4O5S/c1-13-12-14(27)10-11-17(13)31-25(35)21(29-30-23(34)15-6-2-4-8-18(15)32)20(22(33)26(31)36)24-28-16-7-3-5-9-19(16)37-24/h2-12,20,32H,1H3,(H,30,34)/b29-21+. The highest BCUT2D eigenvalue weighted by molar-refractivity contribution is 7.19. The SMILES string of the molecule is Cc1cc(Cl)ccc1N1C(=O)C(=O)C(c2nc3ccccc3s2)/C(=N\NC(=O)c2ccccc2O)C1=O. The summed E-state index contributed by atoms with van der Waals surface area (Å²) in [6.45, 7) is 1.64. The number of nitrogens with one attached hydrogen (secondary N) is 1. The molecule has 1 aliphatic heterocycles. The summed E-state index contributed by atoms with van der Waals surface area (Å²) < 4.78 is 0.749. The Morgan fingerprint density at radius 2 is 1.78 bits per heavy atom. The van der Waals surface area contributed by atoms with E-state index in [-0.39, 0.29) is 27.7 Å². The number of fused-ring (bicyclic) bond motifs is 1. The van der Waals surface area contributed by atoms with Crippen molar-refractivity contribution >= 4 is 68.1 Å². The minimum Gasteiger partial charge on any atom is -0.507 e. The van der Waals surface area contributed by atoms with Crippen LogP contribution in [0, 0.1) is 6.92 Å². The van der Waals surface area contributed by atoms with E-state index in [4.69, 9.17) is 11.6 Å². The number of carbonyl (C=O) groups is 4. The number of piperidine rings is 1. The normalized spacial score (nSPS) is 17.0. The number of amides is 3. The molecule has 11 heteroatoms. The Morgan fingerprint density at radius 3 is 2.51 bits per heavy atom. The van der Waals surface area contributed by atoms with E-state index in [0.717, 1.165) is 20.9 Å². The molecule has 2 N–H and O–H groups in total. The third-order valence-electron chi connectivity index (χ3n) is 5.76. The molecule has 0 bridgehead atoms. The van der Waals surface area contributed by atoms with E-state index in [9.17, 15) is 24.3 Å². The van der Waals surface area contributed by atoms with Crippen LogP contribution in [-0.2, 0) is 14.4 Å². The number of nitrogens with zero attached hydrogens (tertiary/aromatic N) is 3. The summed E-state index contributed by atoms with van der Waals surface area (Å²) in [6, 6.07) is 17.4. The van der Waals surface area contributed by atoms with Crippen LogP contribution in [0.5, 0.6) is 5.75 Å². The molecule has 1 unspecified atom stereocenters. The second-order valence-corrected chi connectivity index (χ2v) is 9.65. The van der Waals surface area contributed by atoms with Gasteiger partial charge in [-0.3, -0.25) is 19.2 Å². The molecule has 1 aromatic heterocycles. The number of imide groups is 1. The number of aromatic nitrogens is 1. The Bertz CT molecular complexity index is 1610. The maximum atomic E-state index is 13.7. The maximum Gasteiger partial charge on any atom is 0.302 e. The monoisotopic (exact) mass is 532 g/mol. The fourth-order valence-corrected chi connectivity index (χ4v) is 5.27. The topological polar surface area (TPSA) is 129 Å². The summed E-state index contributed by atoms with van der Waals surface area (Å²) in [4.78, 5) is 58.3. The van der Waals surface area contributed by atoms with Gasteiger partial charge in [0, 0.05) is 5.02 Å². The third-order valence-corrected chi connectivity index (χ3v) is 7.09. The molecule has 1 saturated heterocycles. The molecular weight excluding hydrogens is 516 g/mol. The predicted octanol–water partition coefficient (Wildman–Crippen LogP) is 3.98. The minimum atomic E-state index is -1.43. The van der Waals surface area contributed by atoms with Crippen LogP contribution in [0.1, 0.15) is 26.8 Å². The molecule has 9 nitrogen and oxygen atoms in total. The van der Waals surface area contributed by atoms with Crippen molar-refractivity contribution in [3.63, 3.8) is 0 Å². The predicted molar refractivity (Wildman–Crippen MR) is 139 cm³/mol. The Morgan fingerprint density at radius 1 is 1.05 bits per heavy atom. The molecule has 184 valence electrons. The zero-order chi connectivity index (χ0) is 26.3. The number of hydrazone groups is 1. The number of anilines is 1. The fourth-order valence-electron chi connectivity index (χ4n) is 3.97.